The molecule has 1 aliphatic heterocycles. The molecule has 2 rings (SSSR count). The third kappa shape index (κ3) is 14.0. The number of rotatable bonds is 5. The molecule has 29 heavy (non-hydrogen) atoms. The number of likely N-dealkylation sites (tertiary alicyclic amines) is 1. The van der Waals surface area contributed by atoms with Crippen molar-refractivity contribution in [2.24, 2.45) is 0 Å². The number of hydrogen-bond acceptors (Lipinski definition) is 5. The Kier molecular flexibility index (Phi) is 19.8. The van der Waals surface area contributed by atoms with Gasteiger partial charge in [0, 0.05) is 5.69 Å². The summed E-state index contributed by atoms with van der Waals surface area (Å²) in [5.74, 6) is 0.170. The number of halogens is 1. The number of anilines is 1. The van der Waals surface area contributed by atoms with Crippen LogP contribution >= 0.6 is 20.2 Å². The Morgan fingerprint density at radius 3 is 2.28 bits per heavy atom. The van der Waals surface area contributed by atoms with Gasteiger partial charge in [-0.1, -0.05) is 38.0 Å². The molecule has 0 aromatic heterocycles. The fourth-order valence-electron chi connectivity index (χ4n) is 3.13. The molecule has 164 valence electrons. The molecule has 11 heteroatoms. The van der Waals surface area contributed by atoms with Gasteiger partial charge < -0.3 is 30.0 Å². The third-order valence-electron chi connectivity index (χ3n) is 4.44. The van der Waals surface area contributed by atoms with Crippen LogP contribution in [-0.4, -0.2) is 78.0 Å². The van der Waals surface area contributed by atoms with Gasteiger partial charge in [0.25, 0.3) is 0 Å². The fourth-order valence-corrected chi connectivity index (χ4v) is 3.13. The van der Waals surface area contributed by atoms with Crippen molar-refractivity contribution in [3.8, 4) is 0 Å². The topological polar surface area (TPSA) is 147 Å². The third-order valence-corrected chi connectivity index (χ3v) is 4.44. The van der Waals surface area contributed by atoms with Gasteiger partial charge in [-0.05, 0) is 57.3 Å². The second-order valence-electron chi connectivity index (χ2n) is 6.63. The number of phosphoric acid groups is 1. The number of para-hydroxylation sites is 1. The quantitative estimate of drug-likeness (QED) is 0.475. The minimum Gasteiger partial charge on any atom is -0.790 e. The Morgan fingerprint density at radius 2 is 1.79 bits per heavy atom. The van der Waals surface area contributed by atoms with E-state index < -0.39 is 7.82 Å². The molecule has 8 nitrogen and oxygen atoms in total. The number of nitrogens with zero attached hydrogens (tertiary/aromatic N) is 1. The molecular weight excluding hydrogens is 447 g/mol. The van der Waals surface area contributed by atoms with Crippen LogP contribution in [-0.2, 0) is 9.36 Å². The number of nitrogens with one attached hydrogen (secondary N) is 1. The summed E-state index contributed by atoms with van der Waals surface area (Å²) in [5, 5.41) is 3.17. The summed E-state index contributed by atoms with van der Waals surface area (Å²) >= 11 is 0. The van der Waals surface area contributed by atoms with E-state index in [0.717, 1.165) is 42.7 Å². The number of amides is 1. The molecule has 1 amide bonds. The van der Waals surface area contributed by atoms with Crippen molar-refractivity contribution < 1.29 is 29.5 Å². The SMILES string of the molecule is CCCCN1CCCCC1C(=O)Nc1c(C)cccc1C.Cl.O.O=P([O-])([O-])O.[Ca+2]. The molecule has 1 aliphatic rings. The van der Waals surface area contributed by atoms with Crippen molar-refractivity contribution in [3.05, 3.63) is 29.3 Å². The first-order chi connectivity index (χ1) is 12.1. The molecule has 0 bridgehead atoms. The first-order valence-corrected chi connectivity index (χ1v) is 10.5. The largest absolute Gasteiger partial charge is 2.00 e. The van der Waals surface area contributed by atoms with Crippen molar-refractivity contribution in [1.29, 1.82) is 0 Å². The van der Waals surface area contributed by atoms with Gasteiger partial charge >= 0.3 is 37.7 Å². The second kappa shape index (κ2) is 16.9. The summed E-state index contributed by atoms with van der Waals surface area (Å²) in [6, 6.07) is 6.19. The van der Waals surface area contributed by atoms with Crippen LogP contribution in [0.15, 0.2) is 18.2 Å². The van der Waals surface area contributed by atoms with Crippen LogP contribution in [0, 0.1) is 13.8 Å². The molecule has 1 fully saturated rings. The Hall–Kier alpha value is 0.270. The van der Waals surface area contributed by atoms with E-state index in [1.54, 1.807) is 0 Å². The molecule has 1 saturated heterocycles. The maximum absolute atomic E-state index is 12.7. The van der Waals surface area contributed by atoms with E-state index in [1.807, 2.05) is 6.07 Å². The van der Waals surface area contributed by atoms with Crippen LogP contribution in [0.2, 0.25) is 0 Å². The van der Waals surface area contributed by atoms with Gasteiger partial charge in [0.05, 0.1) is 13.9 Å². The molecule has 0 saturated carbocycles. The summed E-state index contributed by atoms with van der Waals surface area (Å²) in [6.07, 6.45) is 5.72. The van der Waals surface area contributed by atoms with E-state index in [1.165, 1.54) is 19.3 Å². The van der Waals surface area contributed by atoms with Crippen LogP contribution < -0.4 is 15.1 Å². The van der Waals surface area contributed by atoms with Crippen LogP contribution in [0.3, 0.4) is 0 Å². The normalized spacial score (nSPS) is 16.1. The first-order valence-electron chi connectivity index (χ1n) is 8.99. The van der Waals surface area contributed by atoms with E-state index >= 15 is 0 Å². The molecule has 1 heterocycles. The van der Waals surface area contributed by atoms with E-state index in [2.05, 4.69) is 43.1 Å². The fraction of sp³-hybridized carbons (Fsp3) is 0.611. The minimum atomic E-state index is -5.14. The van der Waals surface area contributed by atoms with Gasteiger partial charge in [-0.3, -0.25) is 9.69 Å². The van der Waals surface area contributed by atoms with Gasteiger partial charge in [0.1, 0.15) is 0 Å². The molecule has 1 unspecified atom stereocenters. The zero-order valence-corrected chi connectivity index (χ0v) is 21.3. The molecule has 0 aliphatic carbocycles. The van der Waals surface area contributed by atoms with Crippen LogP contribution in [0.5, 0.6) is 0 Å². The van der Waals surface area contributed by atoms with Crippen molar-refractivity contribution in [2.45, 2.75) is 58.9 Å². The van der Waals surface area contributed by atoms with Gasteiger partial charge in [0.2, 0.25) is 5.91 Å². The van der Waals surface area contributed by atoms with E-state index in [9.17, 15) is 4.79 Å². The number of piperidine rings is 1. The van der Waals surface area contributed by atoms with Crippen LogP contribution in [0.4, 0.5) is 5.69 Å². The summed E-state index contributed by atoms with van der Waals surface area (Å²) in [5.41, 5.74) is 3.27. The van der Waals surface area contributed by atoms with E-state index in [4.69, 9.17) is 19.2 Å². The van der Waals surface area contributed by atoms with Gasteiger partial charge in [-0.2, -0.15) is 0 Å². The van der Waals surface area contributed by atoms with Crippen molar-refractivity contribution in [2.75, 3.05) is 18.4 Å². The standard InChI is InChI=1S/C18H28N2O.Ca.ClH.H3O4P.H2O/c1-4-5-12-20-13-7-6-11-16(20)18(21)19-17-14(2)9-8-10-15(17)3;;;1-5(2,3)4;/h8-10,16H,4-7,11-13H2,1-3H3,(H,19,21);;1H;(H3,1,2,3,4);1H2/q;+2;;;/p-2. The number of carbonyl (C=O) groups excluding carboxylic acids is 1. The Labute approximate surface area is 209 Å². The Balaban J connectivity index is -0.000000758. The summed E-state index contributed by atoms with van der Waals surface area (Å²) in [4.78, 5) is 39.3. The summed E-state index contributed by atoms with van der Waals surface area (Å²) in [6.45, 7) is 8.42. The number of unbranched alkanes of at least 4 members (excludes halogenated alkanes) is 1. The maximum atomic E-state index is 12.7. The minimum absolute atomic E-state index is 0. The predicted molar refractivity (Wildman–Crippen MR) is 115 cm³/mol. The number of hydrogen-bond donors (Lipinski definition) is 2. The van der Waals surface area contributed by atoms with Gasteiger partial charge in [-0.25, -0.2) is 0 Å². The van der Waals surface area contributed by atoms with E-state index in [0.29, 0.717) is 0 Å². The number of benzene rings is 1. The smallest absolute Gasteiger partial charge is 0.790 e. The monoisotopic (exact) mass is 478 g/mol. The van der Waals surface area contributed by atoms with Crippen molar-refractivity contribution in [1.82, 2.24) is 4.90 Å². The number of carbonyl (C=O) groups is 1. The second-order valence-corrected chi connectivity index (χ2v) is 7.56. The summed E-state index contributed by atoms with van der Waals surface area (Å²) < 4.78 is 8.66. The average Bonchev–Trinajstić information content (AvgIpc) is 2.55. The van der Waals surface area contributed by atoms with Crippen molar-refractivity contribution in [3.63, 3.8) is 0 Å². The van der Waals surface area contributed by atoms with Crippen LogP contribution in [0.25, 0.3) is 0 Å². The molecule has 4 N–H and O–H groups in total. The van der Waals surface area contributed by atoms with E-state index in [-0.39, 0.29) is 67.6 Å². The molecule has 1 aromatic carbocycles. The first kappa shape index (κ1) is 33.9. The maximum Gasteiger partial charge on any atom is 2.00 e. The Morgan fingerprint density at radius 1 is 1.28 bits per heavy atom. The van der Waals surface area contributed by atoms with Gasteiger partial charge in [0.15, 0.2) is 0 Å². The molecule has 1 aromatic rings. The van der Waals surface area contributed by atoms with Crippen molar-refractivity contribution >= 4 is 69.6 Å². The molecule has 0 spiro atoms. The Bertz CT molecular complexity index is 618. The molecular formula is C18H32CaClN2O6P. The predicted octanol–water partition coefficient (Wildman–Crippen LogP) is 0.920. The molecule has 0 radical (unpaired) electrons. The number of aryl methyl sites for hydroxylation is 2. The summed E-state index contributed by atoms with van der Waals surface area (Å²) in [7, 11) is -5.14. The average molecular weight is 479 g/mol. The zero-order valence-electron chi connectivity index (χ0n) is 17.3. The van der Waals surface area contributed by atoms with Gasteiger partial charge in [-0.15, -0.1) is 12.4 Å². The zero-order chi connectivity index (χ0) is 19.7. The van der Waals surface area contributed by atoms with Crippen LogP contribution in [0.1, 0.15) is 50.2 Å². The molecule has 1 atom stereocenters.